The zero-order chi connectivity index (χ0) is 27.4. The van der Waals surface area contributed by atoms with Gasteiger partial charge < -0.3 is 24.4 Å². The SMILES string of the molecule is COc1ccc(OCCN2C(=O)COc3ccc(NC(=O)c4ccc(S(=O)(=O)N5CCCC5)cc4)cc32)cc1. The second-order valence-corrected chi connectivity index (χ2v) is 11.1. The molecule has 204 valence electrons. The van der Waals surface area contributed by atoms with Gasteiger partial charge in [0.25, 0.3) is 11.8 Å². The van der Waals surface area contributed by atoms with Crippen LogP contribution in [0.25, 0.3) is 0 Å². The summed E-state index contributed by atoms with van der Waals surface area (Å²) in [6.45, 7) is 1.47. The number of carbonyl (C=O) groups is 2. The summed E-state index contributed by atoms with van der Waals surface area (Å²) in [7, 11) is -1.97. The number of nitrogens with one attached hydrogen (secondary N) is 1. The van der Waals surface area contributed by atoms with E-state index in [1.807, 2.05) is 0 Å². The molecule has 2 heterocycles. The van der Waals surface area contributed by atoms with Crippen LogP contribution in [0.2, 0.25) is 0 Å². The molecule has 39 heavy (non-hydrogen) atoms. The van der Waals surface area contributed by atoms with Crippen LogP contribution < -0.4 is 24.4 Å². The summed E-state index contributed by atoms with van der Waals surface area (Å²) >= 11 is 0. The van der Waals surface area contributed by atoms with Gasteiger partial charge in [0.15, 0.2) is 6.61 Å². The topological polar surface area (TPSA) is 114 Å². The standard InChI is InChI=1S/C28H29N3O7S/c1-36-22-7-9-23(10-8-22)37-17-16-31-25-18-21(6-13-26(25)38-19-27(31)32)29-28(33)20-4-11-24(12-5-20)39(34,35)30-14-2-3-15-30/h4-13,18H,2-3,14-17,19H2,1H3,(H,29,33). The lowest BCUT2D eigenvalue weighted by Crippen LogP contribution is -2.41. The Labute approximate surface area is 227 Å². The van der Waals surface area contributed by atoms with Gasteiger partial charge in [0.1, 0.15) is 23.9 Å². The van der Waals surface area contributed by atoms with Crippen molar-refractivity contribution in [2.24, 2.45) is 0 Å². The quantitative estimate of drug-likeness (QED) is 0.433. The Kier molecular flexibility index (Phi) is 7.71. The van der Waals surface area contributed by atoms with Crippen molar-refractivity contribution < 1.29 is 32.2 Å². The molecule has 0 unspecified atom stereocenters. The monoisotopic (exact) mass is 551 g/mol. The van der Waals surface area contributed by atoms with E-state index in [9.17, 15) is 18.0 Å². The molecule has 1 fully saturated rings. The van der Waals surface area contributed by atoms with Crippen LogP contribution in [0.1, 0.15) is 23.2 Å². The smallest absolute Gasteiger partial charge is 0.265 e. The lowest BCUT2D eigenvalue weighted by Gasteiger charge is -2.29. The van der Waals surface area contributed by atoms with Crippen molar-refractivity contribution >= 4 is 33.2 Å². The third-order valence-electron chi connectivity index (χ3n) is 6.62. The maximum atomic E-state index is 12.9. The number of nitrogens with zero attached hydrogens (tertiary/aromatic N) is 2. The molecule has 2 amide bonds. The molecule has 0 atom stereocenters. The van der Waals surface area contributed by atoms with Gasteiger partial charge in [0.05, 0.1) is 24.2 Å². The van der Waals surface area contributed by atoms with Gasteiger partial charge in [-0.25, -0.2) is 8.42 Å². The average molecular weight is 552 g/mol. The van der Waals surface area contributed by atoms with Gasteiger partial charge in [-0.05, 0) is 79.6 Å². The first kappa shape index (κ1) is 26.5. The van der Waals surface area contributed by atoms with E-state index in [0.29, 0.717) is 41.5 Å². The maximum absolute atomic E-state index is 12.9. The second-order valence-electron chi connectivity index (χ2n) is 9.13. The Morgan fingerprint density at radius 1 is 0.974 bits per heavy atom. The number of methoxy groups -OCH3 is 1. The number of carbonyl (C=O) groups excluding carboxylic acids is 2. The minimum absolute atomic E-state index is 0.0894. The molecule has 2 aliphatic rings. The highest BCUT2D eigenvalue weighted by Crippen LogP contribution is 2.35. The molecule has 11 heteroatoms. The van der Waals surface area contributed by atoms with Crippen molar-refractivity contribution in [1.29, 1.82) is 0 Å². The van der Waals surface area contributed by atoms with E-state index in [2.05, 4.69) is 5.32 Å². The third-order valence-corrected chi connectivity index (χ3v) is 8.54. The van der Waals surface area contributed by atoms with Crippen molar-refractivity contribution in [1.82, 2.24) is 4.31 Å². The number of hydrogen-bond donors (Lipinski definition) is 1. The molecule has 2 aliphatic heterocycles. The van der Waals surface area contributed by atoms with Crippen molar-refractivity contribution in [2.75, 3.05) is 50.2 Å². The minimum Gasteiger partial charge on any atom is -0.497 e. The van der Waals surface area contributed by atoms with Crippen molar-refractivity contribution in [3.8, 4) is 17.2 Å². The van der Waals surface area contributed by atoms with Crippen LogP contribution in [-0.4, -0.2) is 64.5 Å². The Morgan fingerprint density at radius 2 is 1.67 bits per heavy atom. The summed E-state index contributed by atoms with van der Waals surface area (Å²) in [5.74, 6) is 1.26. The van der Waals surface area contributed by atoms with Crippen LogP contribution in [0.3, 0.4) is 0 Å². The predicted octanol–water partition coefficient (Wildman–Crippen LogP) is 3.54. The zero-order valence-electron chi connectivity index (χ0n) is 21.5. The molecule has 1 N–H and O–H groups in total. The normalized spacial score (nSPS) is 15.4. The Hall–Kier alpha value is -4.09. The Bertz CT molecular complexity index is 1450. The summed E-state index contributed by atoms with van der Waals surface area (Å²) in [4.78, 5) is 27.3. The molecule has 0 saturated carbocycles. The number of ether oxygens (including phenoxy) is 3. The molecule has 0 bridgehead atoms. The van der Waals surface area contributed by atoms with Crippen LogP contribution in [0, 0.1) is 0 Å². The van der Waals surface area contributed by atoms with Crippen LogP contribution in [0.4, 0.5) is 11.4 Å². The number of anilines is 2. The summed E-state index contributed by atoms with van der Waals surface area (Å²) in [6.07, 6.45) is 1.70. The largest absolute Gasteiger partial charge is 0.497 e. The molecule has 3 aromatic rings. The van der Waals surface area contributed by atoms with Crippen LogP contribution in [0.5, 0.6) is 17.2 Å². The first-order valence-corrected chi connectivity index (χ1v) is 14.0. The van der Waals surface area contributed by atoms with Crippen LogP contribution in [-0.2, 0) is 14.8 Å². The van der Waals surface area contributed by atoms with Crippen molar-refractivity contribution in [3.05, 3.63) is 72.3 Å². The Morgan fingerprint density at radius 3 is 2.36 bits per heavy atom. The molecule has 10 nitrogen and oxygen atoms in total. The molecule has 3 aromatic carbocycles. The highest BCUT2D eigenvalue weighted by atomic mass is 32.2. The van der Waals surface area contributed by atoms with Gasteiger partial charge in [-0.3, -0.25) is 9.59 Å². The number of benzene rings is 3. The van der Waals surface area contributed by atoms with Gasteiger partial charge in [0.2, 0.25) is 10.0 Å². The zero-order valence-corrected chi connectivity index (χ0v) is 22.3. The fourth-order valence-corrected chi connectivity index (χ4v) is 6.03. The number of rotatable bonds is 9. The van der Waals surface area contributed by atoms with Gasteiger partial charge >= 0.3 is 0 Å². The van der Waals surface area contributed by atoms with E-state index in [4.69, 9.17) is 14.2 Å². The first-order valence-electron chi connectivity index (χ1n) is 12.6. The summed E-state index contributed by atoms with van der Waals surface area (Å²) in [6, 6.07) is 18.1. The van der Waals surface area contributed by atoms with E-state index in [-0.39, 0.29) is 30.6 Å². The van der Waals surface area contributed by atoms with E-state index in [1.165, 1.54) is 28.6 Å². The maximum Gasteiger partial charge on any atom is 0.265 e. The molecule has 1 saturated heterocycles. The Balaban J connectivity index is 1.25. The molecule has 0 spiro atoms. The van der Waals surface area contributed by atoms with Crippen molar-refractivity contribution in [2.45, 2.75) is 17.7 Å². The summed E-state index contributed by atoms with van der Waals surface area (Å²) < 4.78 is 43.5. The number of fused-ring (bicyclic) bond motifs is 1. The molecular weight excluding hydrogens is 522 g/mol. The van der Waals surface area contributed by atoms with Gasteiger partial charge in [-0.1, -0.05) is 0 Å². The fourth-order valence-electron chi connectivity index (χ4n) is 4.51. The van der Waals surface area contributed by atoms with Gasteiger partial charge in [-0.2, -0.15) is 4.31 Å². The minimum atomic E-state index is -3.56. The average Bonchev–Trinajstić information content (AvgIpc) is 3.51. The second kappa shape index (κ2) is 11.3. The first-order chi connectivity index (χ1) is 18.8. The van der Waals surface area contributed by atoms with Crippen molar-refractivity contribution in [3.63, 3.8) is 0 Å². The lowest BCUT2D eigenvalue weighted by atomic mass is 10.1. The van der Waals surface area contributed by atoms with Crippen LogP contribution in [0.15, 0.2) is 71.6 Å². The molecule has 0 aromatic heterocycles. The van der Waals surface area contributed by atoms with Gasteiger partial charge in [-0.15, -0.1) is 0 Å². The summed E-state index contributed by atoms with van der Waals surface area (Å²) in [5.41, 5.74) is 1.30. The highest BCUT2D eigenvalue weighted by molar-refractivity contribution is 7.89. The van der Waals surface area contributed by atoms with Gasteiger partial charge in [0, 0.05) is 24.3 Å². The highest BCUT2D eigenvalue weighted by Gasteiger charge is 2.28. The predicted molar refractivity (Wildman–Crippen MR) is 145 cm³/mol. The summed E-state index contributed by atoms with van der Waals surface area (Å²) in [5, 5.41) is 2.81. The molecule has 5 rings (SSSR count). The lowest BCUT2D eigenvalue weighted by molar-refractivity contribution is -0.121. The van der Waals surface area contributed by atoms with E-state index in [1.54, 1.807) is 54.5 Å². The number of sulfonamides is 1. The van der Waals surface area contributed by atoms with E-state index in [0.717, 1.165) is 18.6 Å². The molecular formula is C28H29N3O7S. The van der Waals surface area contributed by atoms with Crippen LogP contribution >= 0.6 is 0 Å². The molecule has 0 radical (unpaired) electrons. The third kappa shape index (κ3) is 5.84. The number of amides is 2. The number of hydrogen-bond acceptors (Lipinski definition) is 7. The van der Waals surface area contributed by atoms with E-state index >= 15 is 0 Å². The molecule has 0 aliphatic carbocycles. The fraction of sp³-hybridized carbons (Fsp3) is 0.286. The van der Waals surface area contributed by atoms with E-state index < -0.39 is 15.9 Å².